The monoisotopic (exact) mass is 344 g/mol. The van der Waals surface area contributed by atoms with Gasteiger partial charge in [-0.3, -0.25) is 4.79 Å². The van der Waals surface area contributed by atoms with Crippen molar-refractivity contribution in [1.29, 1.82) is 0 Å². The first kappa shape index (κ1) is 17.0. The SMILES string of the molecule is COc1ccccc1CCC(=O)N1CCC[C@@H](c2nc(C)cs2)C1. The summed E-state index contributed by atoms with van der Waals surface area (Å²) in [7, 11) is 1.67. The van der Waals surface area contributed by atoms with Crippen LogP contribution in [0.5, 0.6) is 5.75 Å². The molecule has 1 amide bonds. The minimum atomic E-state index is 0.235. The van der Waals surface area contributed by atoms with Gasteiger partial charge in [-0.05, 0) is 37.8 Å². The van der Waals surface area contributed by atoms with Crippen molar-refractivity contribution < 1.29 is 9.53 Å². The Labute approximate surface area is 147 Å². The van der Waals surface area contributed by atoms with Gasteiger partial charge in [0.25, 0.3) is 0 Å². The number of ether oxygens (including phenoxy) is 1. The summed E-state index contributed by atoms with van der Waals surface area (Å²) in [4.78, 5) is 19.2. The average Bonchev–Trinajstić information content (AvgIpc) is 3.06. The van der Waals surface area contributed by atoms with Crippen molar-refractivity contribution in [1.82, 2.24) is 9.88 Å². The molecule has 0 bridgehead atoms. The summed E-state index contributed by atoms with van der Waals surface area (Å²) < 4.78 is 5.37. The number of piperidine rings is 1. The summed E-state index contributed by atoms with van der Waals surface area (Å²) in [5, 5.41) is 3.27. The highest BCUT2D eigenvalue weighted by Gasteiger charge is 2.26. The Balaban J connectivity index is 1.58. The Hall–Kier alpha value is -1.88. The zero-order valence-electron chi connectivity index (χ0n) is 14.3. The number of para-hydroxylation sites is 1. The number of rotatable bonds is 5. The van der Waals surface area contributed by atoms with Crippen molar-refractivity contribution in [3.63, 3.8) is 0 Å². The molecule has 3 rings (SSSR count). The maximum absolute atomic E-state index is 12.6. The first-order chi connectivity index (χ1) is 11.7. The van der Waals surface area contributed by atoms with E-state index in [0.29, 0.717) is 12.3 Å². The molecule has 2 aromatic rings. The summed E-state index contributed by atoms with van der Waals surface area (Å²) in [5.41, 5.74) is 2.17. The number of hydrogen-bond donors (Lipinski definition) is 0. The average molecular weight is 344 g/mol. The van der Waals surface area contributed by atoms with E-state index in [0.717, 1.165) is 49.4 Å². The van der Waals surface area contributed by atoms with Gasteiger partial charge in [0.1, 0.15) is 5.75 Å². The van der Waals surface area contributed by atoms with Crippen LogP contribution in [0.3, 0.4) is 0 Å². The zero-order chi connectivity index (χ0) is 16.9. The number of hydrogen-bond acceptors (Lipinski definition) is 4. The lowest BCUT2D eigenvalue weighted by molar-refractivity contribution is -0.132. The standard InChI is InChI=1S/C19H24N2O2S/c1-14-13-24-19(20-14)16-7-5-11-21(12-16)18(22)10-9-15-6-3-4-8-17(15)23-2/h3-4,6,8,13,16H,5,7,9-12H2,1-2H3/t16-/m1/s1. The number of carbonyl (C=O) groups is 1. The number of nitrogens with zero attached hydrogens (tertiary/aromatic N) is 2. The molecule has 0 aliphatic carbocycles. The molecule has 1 fully saturated rings. The summed E-state index contributed by atoms with van der Waals surface area (Å²) >= 11 is 1.72. The number of likely N-dealkylation sites (tertiary alicyclic amines) is 1. The van der Waals surface area contributed by atoms with E-state index in [1.807, 2.05) is 36.1 Å². The fraction of sp³-hybridized carbons (Fsp3) is 0.474. The van der Waals surface area contributed by atoms with E-state index in [9.17, 15) is 4.79 Å². The predicted molar refractivity (Wildman–Crippen MR) is 96.7 cm³/mol. The molecule has 1 saturated heterocycles. The number of amides is 1. The molecule has 128 valence electrons. The van der Waals surface area contributed by atoms with Crippen LogP contribution in [0.1, 0.15) is 41.4 Å². The van der Waals surface area contributed by atoms with E-state index < -0.39 is 0 Å². The number of aryl methyl sites for hydroxylation is 2. The number of thiazole rings is 1. The van der Waals surface area contributed by atoms with Crippen LogP contribution >= 0.6 is 11.3 Å². The van der Waals surface area contributed by atoms with Crippen molar-refractivity contribution in [2.24, 2.45) is 0 Å². The quantitative estimate of drug-likeness (QED) is 0.828. The fourth-order valence-corrected chi connectivity index (χ4v) is 4.20. The second-order valence-electron chi connectivity index (χ2n) is 6.32. The van der Waals surface area contributed by atoms with E-state index in [-0.39, 0.29) is 5.91 Å². The Morgan fingerprint density at radius 3 is 3.00 bits per heavy atom. The summed E-state index contributed by atoms with van der Waals surface area (Å²) in [6, 6.07) is 7.92. The van der Waals surface area contributed by atoms with Crippen LogP contribution in [-0.2, 0) is 11.2 Å². The van der Waals surface area contributed by atoms with Crippen molar-refractivity contribution >= 4 is 17.2 Å². The molecule has 0 unspecified atom stereocenters. The second-order valence-corrected chi connectivity index (χ2v) is 7.21. The minimum Gasteiger partial charge on any atom is -0.496 e. The largest absolute Gasteiger partial charge is 0.496 e. The van der Waals surface area contributed by atoms with Gasteiger partial charge in [0.15, 0.2) is 0 Å². The van der Waals surface area contributed by atoms with Gasteiger partial charge in [0.05, 0.1) is 12.1 Å². The molecule has 0 saturated carbocycles. The van der Waals surface area contributed by atoms with Crippen molar-refractivity contribution in [2.45, 2.75) is 38.5 Å². The predicted octanol–water partition coefficient (Wildman–Crippen LogP) is 3.80. The molecule has 1 atom stereocenters. The third-order valence-electron chi connectivity index (χ3n) is 4.56. The second kappa shape index (κ2) is 7.79. The molecule has 2 heterocycles. The van der Waals surface area contributed by atoms with E-state index in [1.165, 1.54) is 5.01 Å². The van der Waals surface area contributed by atoms with Crippen LogP contribution in [0.25, 0.3) is 0 Å². The van der Waals surface area contributed by atoms with Gasteiger partial charge in [-0.2, -0.15) is 0 Å². The highest BCUT2D eigenvalue weighted by atomic mass is 32.1. The van der Waals surface area contributed by atoms with Gasteiger partial charge in [-0.15, -0.1) is 11.3 Å². The van der Waals surface area contributed by atoms with Crippen molar-refractivity contribution in [2.75, 3.05) is 20.2 Å². The Morgan fingerprint density at radius 1 is 1.42 bits per heavy atom. The Morgan fingerprint density at radius 2 is 2.25 bits per heavy atom. The number of methoxy groups -OCH3 is 1. The van der Waals surface area contributed by atoms with E-state index in [4.69, 9.17) is 4.74 Å². The molecular formula is C19H24N2O2S. The molecule has 1 aromatic carbocycles. The van der Waals surface area contributed by atoms with E-state index in [1.54, 1.807) is 18.4 Å². The summed E-state index contributed by atoms with van der Waals surface area (Å²) in [5.74, 6) is 1.49. The zero-order valence-corrected chi connectivity index (χ0v) is 15.1. The van der Waals surface area contributed by atoms with Crippen LogP contribution in [0.2, 0.25) is 0 Å². The van der Waals surface area contributed by atoms with Gasteiger partial charge in [0, 0.05) is 36.5 Å². The lowest BCUT2D eigenvalue weighted by Gasteiger charge is -2.32. The van der Waals surface area contributed by atoms with Crippen molar-refractivity contribution in [3.8, 4) is 5.75 Å². The minimum absolute atomic E-state index is 0.235. The van der Waals surface area contributed by atoms with Gasteiger partial charge in [-0.25, -0.2) is 4.98 Å². The van der Waals surface area contributed by atoms with Crippen molar-refractivity contribution in [3.05, 3.63) is 45.9 Å². The normalized spacial score (nSPS) is 17.8. The van der Waals surface area contributed by atoms with Gasteiger partial charge >= 0.3 is 0 Å². The number of benzene rings is 1. The molecule has 1 aromatic heterocycles. The van der Waals surface area contributed by atoms with Crippen LogP contribution < -0.4 is 4.74 Å². The lowest BCUT2D eigenvalue weighted by atomic mass is 9.98. The van der Waals surface area contributed by atoms with Crippen LogP contribution in [0.15, 0.2) is 29.6 Å². The van der Waals surface area contributed by atoms with Crippen LogP contribution in [0.4, 0.5) is 0 Å². The topological polar surface area (TPSA) is 42.4 Å². The number of aromatic nitrogens is 1. The molecule has 0 spiro atoms. The first-order valence-corrected chi connectivity index (χ1v) is 9.37. The third-order valence-corrected chi connectivity index (χ3v) is 5.69. The maximum atomic E-state index is 12.6. The highest BCUT2D eigenvalue weighted by molar-refractivity contribution is 7.09. The Bertz CT molecular complexity index is 698. The van der Waals surface area contributed by atoms with Crippen LogP contribution in [-0.4, -0.2) is 36.0 Å². The maximum Gasteiger partial charge on any atom is 0.222 e. The molecule has 1 aliphatic heterocycles. The highest BCUT2D eigenvalue weighted by Crippen LogP contribution is 2.29. The molecular weight excluding hydrogens is 320 g/mol. The molecule has 24 heavy (non-hydrogen) atoms. The van der Waals surface area contributed by atoms with Gasteiger partial charge in [-0.1, -0.05) is 18.2 Å². The summed E-state index contributed by atoms with van der Waals surface area (Å²) in [6.07, 6.45) is 3.44. The fourth-order valence-electron chi connectivity index (χ4n) is 3.27. The summed E-state index contributed by atoms with van der Waals surface area (Å²) in [6.45, 7) is 3.70. The number of carbonyl (C=O) groups excluding carboxylic acids is 1. The molecule has 5 heteroatoms. The van der Waals surface area contributed by atoms with Gasteiger partial charge < -0.3 is 9.64 Å². The van der Waals surface area contributed by atoms with E-state index in [2.05, 4.69) is 10.4 Å². The smallest absolute Gasteiger partial charge is 0.222 e. The molecule has 1 aliphatic rings. The van der Waals surface area contributed by atoms with Crippen LogP contribution in [0, 0.1) is 6.92 Å². The molecule has 0 N–H and O–H groups in total. The van der Waals surface area contributed by atoms with E-state index >= 15 is 0 Å². The lowest BCUT2D eigenvalue weighted by Crippen LogP contribution is -2.39. The van der Waals surface area contributed by atoms with Gasteiger partial charge in [0.2, 0.25) is 5.91 Å². The first-order valence-electron chi connectivity index (χ1n) is 8.49. The third kappa shape index (κ3) is 3.96. The molecule has 0 radical (unpaired) electrons. The Kier molecular flexibility index (Phi) is 5.51. The molecule has 4 nitrogen and oxygen atoms in total.